The molecule has 1 aliphatic carbocycles. The molecule has 6 rings (SSSR count). The largest absolute Gasteiger partial charge is 0.497 e. The van der Waals surface area contributed by atoms with Gasteiger partial charge in [-0.2, -0.15) is 0 Å². The van der Waals surface area contributed by atoms with E-state index < -0.39 is 0 Å². The van der Waals surface area contributed by atoms with Crippen molar-refractivity contribution in [2.45, 2.75) is 37.3 Å². The molecule has 5 heteroatoms. The Morgan fingerprint density at radius 3 is 2.81 bits per heavy atom. The number of ether oxygens (including phenoxy) is 2. The van der Waals surface area contributed by atoms with E-state index in [0.717, 1.165) is 38.1 Å². The van der Waals surface area contributed by atoms with Crippen molar-refractivity contribution in [1.82, 2.24) is 4.90 Å². The molecular weight excluding hydrogens is 340 g/mol. The number of nitrogens with zero attached hydrogens (tertiary/aromatic N) is 2. The normalized spacial score (nSPS) is 39.9. The van der Waals surface area contributed by atoms with Gasteiger partial charge in [0.2, 0.25) is 0 Å². The van der Waals surface area contributed by atoms with Gasteiger partial charge in [-0.3, -0.25) is 9.69 Å². The smallest absolute Gasteiger partial charge is 0.310 e. The van der Waals surface area contributed by atoms with E-state index in [1.165, 1.54) is 23.9 Å². The molecule has 5 aliphatic rings. The number of carbonyl (C=O) groups is 1. The molecule has 1 saturated carbocycles. The van der Waals surface area contributed by atoms with Gasteiger partial charge in [-0.1, -0.05) is 11.6 Å². The summed E-state index contributed by atoms with van der Waals surface area (Å²) in [5, 5.41) is 0. The highest BCUT2D eigenvalue weighted by molar-refractivity contribution is 5.82. The summed E-state index contributed by atoms with van der Waals surface area (Å²) in [6.07, 6.45) is 5.34. The van der Waals surface area contributed by atoms with Gasteiger partial charge >= 0.3 is 5.97 Å². The molecule has 27 heavy (non-hydrogen) atoms. The molecule has 4 bridgehead atoms. The lowest BCUT2D eigenvalue weighted by molar-refractivity contribution is -0.154. The van der Waals surface area contributed by atoms with Crippen LogP contribution in [0.4, 0.5) is 5.69 Å². The first-order valence-corrected chi connectivity index (χ1v) is 9.95. The van der Waals surface area contributed by atoms with Crippen LogP contribution in [0.25, 0.3) is 0 Å². The third-order valence-corrected chi connectivity index (χ3v) is 8.03. The van der Waals surface area contributed by atoms with E-state index in [4.69, 9.17) is 9.47 Å². The van der Waals surface area contributed by atoms with Crippen LogP contribution in [0.3, 0.4) is 0 Å². The molecule has 2 unspecified atom stereocenters. The summed E-state index contributed by atoms with van der Waals surface area (Å²) < 4.78 is 11.0. The van der Waals surface area contributed by atoms with Crippen molar-refractivity contribution in [1.29, 1.82) is 0 Å². The topological polar surface area (TPSA) is 42.0 Å². The fourth-order valence-electron chi connectivity index (χ4n) is 7.06. The molecule has 0 amide bonds. The van der Waals surface area contributed by atoms with Crippen LogP contribution < -0.4 is 9.64 Å². The lowest BCUT2D eigenvalue weighted by Crippen LogP contribution is -2.66. The van der Waals surface area contributed by atoms with Gasteiger partial charge in [0.05, 0.1) is 20.1 Å². The van der Waals surface area contributed by atoms with Crippen molar-refractivity contribution < 1.29 is 14.3 Å². The Kier molecular flexibility index (Phi) is 3.49. The van der Waals surface area contributed by atoms with E-state index in [-0.39, 0.29) is 28.9 Å². The maximum Gasteiger partial charge on any atom is 0.310 e. The number of fused-ring (bicyclic) bond motifs is 3. The molecular formula is C22H28N2O3. The predicted octanol–water partition coefficient (Wildman–Crippen LogP) is 2.94. The molecule has 1 aromatic carbocycles. The van der Waals surface area contributed by atoms with Gasteiger partial charge in [0.25, 0.3) is 0 Å². The Bertz CT molecular complexity index is 850. The van der Waals surface area contributed by atoms with Crippen LogP contribution >= 0.6 is 0 Å². The zero-order chi connectivity index (χ0) is 19.0. The van der Waals surface area contributed by atoms with Gasteiger partial charge in [0.1, 0.15) is 11.4 Å². The predicted molar refractivity (Wildman–Crippen MR) is 104 cm³/mol. The zero-order valence-corrected chi connectivity index (χ0v) is 16.6. The number of hydrogen-bond donors (Lipinski definition) is 0. The summed E-state index contributed by atoms with van der Waals surface area (Å²) >= 11 is 0. The van der Waals surface area contributed by atoms with Crippen LogP contribution in [0.1, 0.15) is 31.7 Å². The van der Waals surface area contributed by atoms with E-state index in [0.29, 0.717) is 0 Å². The lowest BCUT2D eigenvalue weighted by atomic mass is 9.54. The second-order valence-electron chi connectivity index (χ2n) is 8.41. The van der Waals surface area contributed by atoms with Crippen LogP contribution in [0.2, 0.25) is 0 Å². The number of anilines is 1. The Labute approximate surface area is 160 Å². The number of benzene rings is 1. The lowest BCUT2D eigenvalue weighted by Gasteiger charge is -2.54. The Balaban J connectivity index is 1.84. The van der Waals surface area contributed by atoms with Crippen LogP contribution in [0.15, 0.2) is 29.8 Å². The summed E-state index contributed by atoms with van der Waals surface area (Å²) in [6.45, 7) is 4.08. The number of rotatable bonds is 2. The quantitative estimate of drug-likeness (QED) is 0.593. The Hall–Kier alpha value is -2.01. The van der Waals surface area contributed by atoms with Crippen molar-refractivity contribution >= 4 is 11.7 Å². The fourth-order valence-corrected chi connectivity index (χ4v) is 7.06. The van der Waals surface area contributed by atoms with Crippen molar-refractivity contribution in [3.05, 3.63) is 35.4 Å². The van der Waals surface area contributed by atoms with Crippen molar-refractivity contribution in [3.8, 4) is 5.75 Å². The highest BCUT2D eigenvalue weighted by Crippen LogP contribution is 2.69. The summed E-state index contributed by atoms with van der Waals surface area (Å²) in [6, 6.07) is 6.38. The van der Waals surface area contributed by atoms with E-state index in [1.54, 1.807) is 7.11 Å². The number of allylic oxidation sites excluding steroid dienone is 1. The highest BCUT2D eigenvalue weighted by atomic mass is 16.5. The van der Waals surface area contributed by atoms with Gasteiger partial charge in [-0.15, -0.1) is 0 Å². The molecule has 4 fully saturated rings. The summed E-state index contributed by atoms with van der Waals surface area (Å²) in [7, 11) is 5.46. The van der Waals surface area contributed by atoms with Gasteiger partial charge in [-0.25, -0.2) is 0 Å². The summed E-state index contributed by atoms with van der Waals surface area (Å²) in [4.78, 5) is 18.3. The molecule has 3 saturated heterocycles. The number of methoxy groups -OCH3 is 2. The van der Waals surface area contributed by atoms with Gasteiger partial charge in [0.15, 0.2) is 0 Å². The summed E-state index contributed by atoms with van der Waals surface area (Å²) in [5.41, 5.74) is 3.51. The molecule has 4 aliphatic heterocycles. The van der Waals surface area contributed by atoms with E-state index in [9.17, 15) is 4.79 Å². The third kappa shape index (κ3) is 1.73. The molecule has 5 nitrogen and oxygen atoms in total. The van der Waals surface area contributed by atoms with Crippen LogP contribution in [-0.4, -0.2) is 50.9 Å². The standard InChI is InChI=1S/C22H28N2O3/c1-5-14-13-24-11-10-21-17-12-15(26-3)6-7-18(17)23(2)22(21,24)9-8-16(14)19(21)20(25)27-4/h5-7,12,16,19H,8-11,13H2,1-4H3/b14-5-/t16-,19-,21-,22?/m0/s1. The average Bonchev–Trinajstić information content (AvgIpc) is 3.03. The maximum absolute atomic E-state index is 13.2. The molecule has 1 aromatic rings. The second kappa shape index (κ2) is 5.51. The molecule has 1 spiro atoms. The van der Waals surface area contributed by atoms with E-state index in [2.05, 4.69) is 42.0 Å². The molecule has 0 N–H and O–H groups in total. The van der Waals surface area contributed by atoms with Gasteiger partial charge in [-0.05, 0) is 55.9 Å². The minimum absolute atomic E-state index is 0.0590. The van der Waals surface area contributed by atoms with Gasteiger partial charge in [0, 0.05) is 31.2 Å². The molecule has 0 radical (unpaired) electrons. The molecule has 0 aromatic heterocycles. The SMILES string of the molecule is C/C=C1/CN2CC[C@@]34c5cc(OC)ccc5N(C)C23CC[C@@H]1[C@H]4C(=O)OC. The van der Waals surface area contributed by atoms with Crippen molar-refractivity contribution in [3.63, 3.8) is 0 Å². The monoisotopic (exact) mass is 368 g/mol. The first-order chi connectivity index (χ1) is 13.0. The van der Waals surface area contributed by atoms with Crippen molar-refractivity contribution in [2.24, 2.45) is 11.8 Å². The first-order valence-electron chi connectivity index (χ1n) is 9.95. The number of hydrogen-bond acceptors (Lipinski definition) is 5. The Morgan fingerprint density at radius 2 is 2.11 bits per heavy atom. The number of likely N-dealkylation sites (N-methyl/N-ethyl adjacent to an activating group) is 1. The van der Waals surface area contributed by atoms with Crippen LogP contribution in [-0.2, 0) is 14.9 Å². The maximum atomic E-state index is 13.2. The van der Waals surface area contributed by atoms with Crippen LogP contribution in [0.5, 0.6) is 5.75 Å². The van der Waals surface area contributed by atoms with Crippen LogP contribution in [0, 0.1) is 11.8 Å². The number of carbonyl (C=O) groups excluding carboxylic acids is 1. The average molecular weight is 368 g/mol. The van der Waals surface area contributed by atoms with E-state index >= 15 is 0 Å². The zero-order valence-electron chi connectivity index (χ0n) is 16.6. The highest BCUT2D eigenvalue weighted by Gasteiger charge is 2.75. The number of esters is 1. The third-order valence-electron chi connectivity index (χ3n) is 8.03. The Morgan fingerprint density at radius 1 is 1.30 bits per heavy atom. The minimum Gasteiger partial charge on any atom is -0.497 e. The summed E-state index contributed by atoms with van der Waals surface area (Å²) in [5.74, 6) is 0.912. The molecule has 4 heterocycles. The van der Waals surface area contributed by atoms with E-state index in [1.807, 2.05) is 6.07 Å². The van der Waals surface area contributed by atoms with Crippen molar-refractivity contribution in [2.75, 3.05) is 39.3 Å². The molecule has 144 valence electrons. The first kappa shape index (κ1) is 17.1. The fraction of sp³-hybridized carbons (Fsp3) is 0.591. The second-order valence-corrected chi connectivity index (χ2v) is 8.41. The minimum atomic E-state index is -0.244. The van der Waals surface area contributed by atoms with Gasteiger partial charge < -0.3 is 14.4 Å². The molecule has 5 atom stereocenters.